The second-order valence-corrected chi connectivity index (χ2v) is 5.53. The van der Waals surface area contributed by atoms with Crippen molar-refractivity contribution in [3.8, 4) is 0 Å². The lowest BCUT2D eigenvalue weighted by Gasteiger charge is -2.21. The van der Waals surface area contributed by atoms with Crippen molar-refractivity contribution in [1.82, 2.24) is 10.3 Å². The molecule has 112 valence electrons. The molecule has 4 heteroatoms. The van der Waals surface area contributed by atoms with E-state index in [1.165, 1.54) is 11.6 Å². The number of halogens is 2. The van der Waals surface area contributed by atoms with Crippen LogP contribution in [0.1, 0.15) is 36.1 Å². The highest BCUT2D eigenvalue weighted by Gasteiger charge is 2.16. The first kappa shape index (κ1) is 15.9. The molecule has 0 aliphatic rings. The van der Waals surface area contributed by atoms with Crippen molar-refractivity contribution < 1.29 is 4.39 Å². The molecule has 0 aliphatic carbocycles. The third-order valence-electron chi connectivity index (χ3n) is 3.54. The van der Waals surface area contributed by atoms with Crippen molar-refractivity contribution in [2.24, 2.45) is 0 Å². The summed E-state index contributed by atoms with van der Waals surface area (Å²) in [5, 5.41) is 3.73. The van der Waals surface area contributed by atoms with Crippen LogP contribution in [0.25, 0.3) is 0 Å². The van der Waals surface area contributed by atoms with E-state index in [1.807, 2.05) is 25.3 Å². The molecule has 2 aromatic rings. The number of nitrogens with zero attached hydrogens (tertiary/aromatic N) is 1. The summed E-state index contributed by atoms with van der Waals surface area (Å²) in [4.78, 5) is 4.13. The summed E-state index contributed by atoms with van der Waals surface area (Å²) in [6.07, 6.45) is 5.33. The van der Waals surface area contributed by atoms with Crippen LogP contribution in [0, 0.1) is 12.7 Å². The Bertz CT molecular complexity index is 601. The van der Waals surface area contributed by atoms with E-state index in [0.717, 1.165) is 24.1 Å². The number of rotatable bonds is 6. The molecular formula is C17H20ClFN2. The van der Waals surface area contributed by atoms with Crippen molar-refractivity contribution in [2.75, 3.05) is 6.54 Å². The zero-order valence-corrected chi connectivity index (χ0v) is 13.1. The monoisotopic (exact) mass is 306 g/mol. The van der Waals surface area contributed by atoms with Crippen LogP contribution < -0.4 is 5.32 Å². The van der Waals surface area contributed by atoms with Crippen molar-refractivity contribution in [3.05, 3.63) is 64.2 Å². The highest BCUT2D eigenvalue weighted by atomic mass is 35.5. The van der Waals surface area contributed by atoms with E-state index in [1.54, 1.807) is 12.3 Å². The van der Waals surface area contributed by atoms with Gasteiger partial charge < -0.3 is 5.32 Å². The van der Waals surface area contributed by atoms with Gasteiger partial charge in [0.05, 0.1) is 5.02 Å². The highest BCUT2D eigenvalue weighted by Crippen LogP contribution is 2.26. The van der Waals surface area contributed by atoms with Gasteiger partial charge in [0.1, 0.15) is 5.82 Å². The fraction of sp³-hybridized carbons (Fsp3) is 0.353. The molecule has 1 aromatic carbocycles. The van der Waals surface area contributed by atoms with Crippen LogP contribution in [-0.2, 0) is 6.42 Å². The molecule has 0 saturated heterocycles. The molecule has 0 radical (unpaired) electrons. The quantitative estimate of drug-likeness (QED) is 0.852. The van der Waals surface area contributed by atoms with Crippen LogP contribution in [0.3, 0.4) is 0 Å². The fourth-order valence-electron chi connectivity index (χ4n) is 2.41. The molecule has 2 nitrogen and oxygen atoms in total. The van der Waals surface area contributed by atoms with Crippen LogP contribution in [0.2, 0.25) is 5.02 Å². The van der Waals surface area contributed by atoms with Crippen LogP contribution in [0.15, 0.2) is 36.7 Å². The number of benzene rings is 1. The van der Waals surface area contributed by atoms with Crippen molar-refractivity contribution >= 4 is 11.6 Å². The van der Waals surface area contributed by atoms with Gasteiger partial charge in [-0.05, 0) is 55.1 Å². The topological polar surface area (TPSA) is 24.9 Å². The maximum Gasteiger partial charge on any atom is 0.142 e. The van der Waals surface area contributed by atoms with Crippen molar-refractivity contribution in [2.45, 2.75) is 32.7 Å². The Balaban J connectivity index is 2.28. The van der Waals surface area contributed by atoms with E-state index in [4.69, 9.17) is 11.6 Å². The molecule has 2 rings (SSSR count). The van der Waals surface area contributed by atoms with Gasteiger partial charge in [-0.25, -0.2) is 4.39 Å². The Kier molecular flexibility index (Phi) is 5.71. The molecule has 0 spiro atoms. The molecule has 21 heavy (non-hydrogen) atoms. The molecule has 1 unspecified atom stereocenters. The van der Waals surface area contributed by atoms with E-state index in [0.29, 0.717) is 6.42 Å². The third-order valence-corrected chi connectivity index (χ3v) is 3.96. The van der Waals surface area contributed by atoms with Gasteiger partial charge >= 0.3 is 0 Å². The molecule has 0 saturated carbocycles. The summed E-state index contributed by atoms with van der Waals surface area (Å²) in [6.45, 7) is 5.06. The summed E-state index contributed by atoms with van der Waals surface area (Å²) in [5.74, 6) is -0.366. The predicted octanol–water partition coefficient (Wildman–Crippen LogP) is 4.47. The first-order chi connectivity index (χ1) is 10.1. The number of pyridine rings is 1. The SMILES string of the molecule is CCCNC(Cc1cccc(F)c1Cl)c1ccncc1C. The smallest absolute Gasteiger partial charge is 0.142 e. The number of aromatic nitrogens is 1. The minimum atomic E-state index is -0.366. The third kappa shape index (κ3) is 4.02. The van der Waals surface area contributed by atoms with Crippen molar-refractivity contribution in [1.29, 1.82) is 0 Å². The largest absolute Gasteiger partial charge is 0.310 e. The maximum absolute atomic E-state index is 13.6. The standard InChI is InChI=1S/C17H20ClFN2/c1-3-8-21-16(14-7-9-20-11-12(14)2)10-13-5-4-6-15(19)17(13)18/h4-7,9,11,16,21H,3,8,10H2,1-2H3. The van der Waals surface area contributed by atoms with E-state index in [-0.39, 0.29) is 16.9 Å². The molecule has 0 bridgehead atoms. The number of aryl methyl sites for hydroxylation is 1. The first-order valence-electron chi connectivity index (χ1n) is 7.20. The van der Waals surface area contributed by atoms with Crippen LogP contribution >= 0.6 is 11.6 Å². The Hall–Kier alpha value is -1.45. The number of nitrogens with one attached hydrogen (secondary N) is 1. The molecule has 0 aliphatic heterocycles. The van der Waals surface area contributed by atoms with Crippen LogP contribution in [0.4, 0.5) is 4.39 Å². The number of hydrogen-bond donors (Lipinski definition) is 1. The minimum Gasteiger partial charge on any atom is -0.310 e. The van der Waals surface area contributed by atoms with Crippen LogP contribution in [-0.4, -0.2) is 11.5 Å². The lowest BCUT2D eigenvalue weighted by atomic mass is 9.96. The zero-order valence-electron chi connectivity index (χ0n) is 12.4. The van der Waals surface area contributed by atoms with E-state index in [2.05, 4.69) is 17.2 Å². The molecule has 1 heterocycles. The average molecular weight is 307 g/mol. The summed E-state index contributed by atoms with van der Waals surface area (Å²) < 4.78 is 13.6. The van der Waals surface area contributed by atoms with Gasteiger partial charge in [-0.15, -0.1) is 0 Å². The van der Waals surface area contributed by atoms with Crippen LogP contribution in [0.5, 0.6) is 0 Å². The molecule has 1 aromatic heterocycles. The second-order valence-electron chi connectivity index (χ2n) is 5.16. The van der Waals surface area contributed by atoms with Gasteiger partial charge in [0.25, 0.3) is 0 Å². The fourth-order valence-corrected chi connectivity index (χ4v) is 2.61. The molecule has 0 fully saturated rings. The Morgan fingerprint density at radius 1 is 1.33 bits per heavy atom. The van der Waals surface area contributed by atoms with Crippen molar-refractivity contribution in [3.63, 3.8) is 0 Å². The highest BCUT2D eigenvalue weighted by molar-refractivity contribution is 6.31. The summed E-state index contributed by atoms with van der Waals surface area (Å²) in [6, 6.07) is 7.08. The number of hydrogen-bond acceptors (Lipinski definition) is 2. The van der Waals surface area contributed by atoms with Gasteiger partial charge in [0.2, 0.25) is 0 Å². The minimum absolute atomic E-state index is 0.104. The first-order valence-corrected chi connectivity index (χ1v) is 7.58. The molecule has 1 N–H and O–H groups in total. The van der Waals surface area contributed by atoms with Gasteiger partial charge in [0, 0.05) is 18.4 Å². The Morgan fingerprint density at radius 3 is 2.86 bits per heavy atom. The average Bonchev–Trinajstić information content (AvgIpc) is 2.48. The van der Waals surface area contributed by atoms with Gasteiger partial charge in [-0.2, -0.15) is 0 Å². The molecular weight excluding hydrogens is 287 g/mol. The Labute approximate surface area is 130 Å². The van der Waals surface area contributed by atoms with E-state index >= 15 is 0 Å². The second kappa shape index (κ2) is 7.53. The Morgan fingerprint density at radius 2 is 2.14 bits per heavy atom. The summed E-state index contributed by atoms with van der Waals surface area (Å²) in [5.41, 5.74) is 3.12. The molecule has 1 atom stereocenters. The summed E-state index contributed by atoms with van der Waals surface area (Å²) in [7, 11) is 0. The predicted molar refractivity (Wildman–Crippen MR) is 85.1 cm³/mol. The van der Waals surface area contributed by atoms with Gasteiger partial charge in [-0.1, -0.05) is 30.7 Å². The lowest BCUT2D eigenvalue weighted by molar-refractivity contribution is 0.524. The molecule has 0 amide bonds. The maximum atomic E-state index is 13.6. The zero-order chi connectivity index (χ0) is 15.2. The summed E-state index contributed by atoms with van der Waals surface area (Å²) >= 11 is 6.08. The van der Waals surface area contributed by atoms with Gasteiger partial charge in [0.15, 0.2) is 0 Å². The van der Waals surface area contributed by atoms with Gasteiger partial charge in [-0.3, -0.25) is 4.98 Å². The lowest BCUT2D eigenvalue weighted by Crippen LogP contribution is -2.25. The van der Waals surface area contributed by atoms with E-state index in [9.17, 15) is 4.39 Å². The normalized spacial score (nSPS) is 12.4. The van der Waals surface area contributed by atoms with E-state index < -0.39 is 0 Å².